The Morgan fingerprint density at radius 2 is 1.65 bits per heavy atom. The highest BCUT2D eigenvalue weighted by molar-refractivity contribution is 5.69. The first-order chi connectivity index (χ1) is 12.1. The monoisotopic (exact) mass is 369 g/mol. The molecule has 26 heavy (non-hydrogen) atoms. The molecule has 3 aromatic rings. The third kappa shape index (κ3) is 2.85. The molecule has 8 nitrogen and oxygen atoms in total. The van der Waals surface area contributed by atoms with E-state index < -0.39 is 28.5 Å². The molecule has 138 valence electrons. The van der Waals surface area contributed by atoms with Crippen molar-refractivity contribution in [3.8, 4) is 0 Å². The Labute approximate surface area is 143 Å². The van der Waals surface area contributed by atoms with Crippen LogP contribution in [0.15, 0.2) is 39.0 Å². The fourth-order valence-electron chi connectivity index (χ4n) is 2.66. The second-order valence-electron chi connectivity index (χ2n) is 5.76. The summed E-state index contributed by atoms with van der Waals surface area (Å²) in [5.41, 5.74) is -2.35. The number of alkyl halides is 3. The predicted octanol–water partition coefficient (Wildman–Crippen LogP) is 0.314. The second kappa shape index (κ2) is 6.00. The van der Waals surface area contributed by atoms with Gasteiger partial charge in [-0.25, -0.2) is 9.78 Å². The minimum atomic E-state index is -4.56. The molecule has 3 rings (SSSR count). The SMILES string of the molecule is Cn1c(=O)c2c(ncn2CCn2cc(C(F)(F)F)ccc2=O)n(C)c1=O. The van der Waals surface area contributed by atoms with Gasteiger partial charge in [-0.2, -0.15) is 13.2 Å². The summed E-state index contributed by atoms with van der Waals surface area (Å²) in [6.45, 7) is -0.0641. The minimum Gasteiger partial charge on any atom is -0.323 e. The zero-order chi connectivity index (χ0) is 19.2. The maximum absolute atomic E-state index is 12.8. The molecule has 11 heteroatoms. The van der Waals surface area contributed by atoms with Gasteiger partial charge in [0.1, 0.15) is 0 Å². The van der Waals surface area contributed by atoms with E-state index in [9.17, 15) is 27.6 Å². The highest BCUT2D eigenvalue weighted by Gasteiger charge is 2.31. The van der Waals surface area contributed by atoms with E-state index in [1.807, 2.05) is 0 Å². The first kappa shape index (κ1) is 17.7. The maximum Gasteiger partial charge on any atom is 0.417 e. The largest absolute Gasteiger partial charge is 0.417 e. The summed E-state index contributed by atoms with van der Waals surface area (Å²) in [6, 6.07) is 1.56. The molecule has 0 saturated heterocycles. The van der Waals surface area contributed by atoms with Crippen molar-refractivity contribution in [3.05, 3.63) is 61.4 Å². The van der Waals surface area contributed by atoms with E-state index >= 15 is 0 Å². The topological polar surface area (TPSA) is 83.8 Å². The summed E-state index contributed by atoms with van der Waals surface area (Å²) in [7, 11) is 2.78. The van der Waals surface area contributed by atoms with E-state index in [4.69, 9.17) is 0 Å². The number of aryl methyl sites for hydroxylation is 3. The molecule has 0 aromatic carbocycles. The van der Waals surface area contributed by atoms with Crippen molar-refractivity contribution in [2.45, 2.75) is 19.3 Å². The first-order valence-corrected chi connectivity index (χ1v) is 7.50. The molecule has 0 fully saturated rings. The molecule has 0 bridgehead atoms. The average Bonchev–Trinajstić information content (AvgIpc) is 3.00. The maximum atomic E-state index is 12.8. The molecule has 0 aliphatic carbocycles. The molecule has 0 saturated carbocycles. The molecule has 3 heterocycles. The Hall–Kier alpha value is -3.11. The Bertz CT molecular complexity index is 1170. The number of hydrogen-bond acceptors (Lipinski definition) is 4. The van der Waals surface area contributed by atoms with Gasteiger partial charge in [-0.05, 0) is 6.07 Å². The zero-order valence-electron chi connectivity index (χ0n) is 13.8. The van der Waals surface area contributed by atoms with Gasteiger partial charge >= 0.3 is 11.9 Å². The number of halogens is 3. The normalized spacial score (nSPS) is 12.0. The van der Waals surface area contributed by atoms with Crippen LogP contribution in [0, 0.1) is 0 Å². The van der Waals surface area contributed by atoms with Crippen LogP contribution in [0.5, 0.6) is 0 Å². The van der Waals surface area contributed by atoms with Crippen LogP contribution < -0.4 is 16.8 Å². The third-order valence-electron chi connectivity index (χ3n) is 4.11. The summed E-state index contributed by atoms with van der Waals surface area (Å²) < 4.78 is 42.8. The van der Waals surface area contributed by atoms with Crippen LogP contribution in [-0.2, 0) is 33.4 Å². The van der Waals surface area contributed by atoms with Crippen molar-refractivity contribution >= 4 is 11.2 Å². The van der Waals surface area contributed by atoms with E-state index in [-0.39, 0.29) is 24.3 Å². The fraction of sp³-hybridized carbons (Fsp3) is 0.333. The highest BCUT2D eigenvalue weighted by atomic mass is 19.4. The average molecular weight is 369 g/mol. The van der Waals surface area contributed by atoms with Crippen LogP contribution in [0.3, 0.4) is 0 Å². The van der Waals surface area contributed by atoms with Crippen LogP contribution in [0.2, 0.25) is 0 Å². The van der Waals surface area contributed by atoms with Crippen molar-refractivity contribution in [3.63, 3.8) is 0 Å². The zero-order valence-corrected chi connectivity index (χ0v) is 13.8. The summed E-state index contributed by atoms with van der Waals surface area (Å²) in [6.07, 6.45) is -2.52. The molecule has 0 N–H and O–H groups in total. The van der Waals surface area contributed by atoms with Gasteiger partial charge in [-0.3, -0.25) is 18.7 Å². The summed E-state index contributed by atoms with van der Waals surface area (Å²) in [5, 5.41) is 0. The van der Waals surface area contributed by atoms with Crippen molar-refractivity contribution in [2.24, 2.45) is 14.1 Å². The number of pyridine rings is 1. The van der Waals surface area contributed by atoms with Crippen LogP contribution in [-0.4, -0.2) is 23.3 Å². The molecular weight excluding hydrogens is 355 g/mol. The van der Waals surface area contributed by atoms with E-state index in [0.717, 1.165) is 27.5 Å². The number of hydrogen-bond donors (Lipinski definition) is 0. The van der Waals surface area contributed by atoms with Gasteiger partial charge < -0.3 is 9.13 Å². The molecule has 0 aliphatic heterocycles. The number of imidazole rings is 1. The lowest BCUT2D eigenvalue weighted by molar-refractivity contribution is -0.138. The van der Waals surface area contributed by atoms with Gasteiger partial charge in [0.25, 0.3) is 11.1 Å². The summed E-state index contributed by atoms with van der Waals surface area (Å²) in [5.74, 6) is 0. The van der Waals surface area contributed by atoms with Crippen molar-refractivity contribution in [2.75, 3.05) is 0 Å². The molecule has 0 spiro atoms. The second-order valence-corrected chi connectivity index (χ2v) is 5.76. The van der Waals surface area contributed by atoms with Crippen molar-refractivity contribution in [1.29, 1.82) is 0 Å². The van der Waals surface area contributed by atoms with Gasteiger partial charge in [0.15, 0.2) is 11.2 Å². The number of aromatic nitrogens is 5. The predicted molar refractivity (Wildman–Crippen MR) is 85.9 cm³/mol. The standard InChI is InChI=1S/C15H14F3N5O3/c1-20-12-11(13(25)21(2)14(20)26)23(8-19-12)6-5-22-7-9(15(16,17)18)3-4-10(22)24/h3-4,7-8H,5-6H2,1-2H3. The number of fused-ring (bicyclic) bond motifs is 1. The lowest BCUT2D eigenvalue weighted by atomic mass is 10.3. The van der Waals surface area contributed by atoms with E-state index in [1.165, 1.54) is 29.6 Å². The third-order valence-corrected chi connectivity index (χ3v) is 4.11. The molecule has 0 amide bonds. The van der Waals surface area contributed by atoms with Gasteiger partial charge in [-0.1, -0.05) is 0 Å². The van der Waals surface area contributed by atoms with Crippen molar-refractivity contribution in [1.82, 2.24) is 23.3 Å². The van der Waals surface area contributed by atoms with E-state index in [2.05, 4.69) is 4.98 Å². The summed E-state index contributed by atoms with van der Waals surface area (Å²) in [4.78, 5) is 40.0. The fourth-order valence-corrected chi connectivity index (χ4v) is 2.66. The van der Waals surface area contributed by atoms with Crippen LogP contribution in [0.1, 0.15) is 5.56 Å². The van der Waals surface area contributed by atoms with Crippen LogP contribution in [0.4, 0.5) is 13.2 Å². The van der Waals surface area contributed by atoms with Gasteiger partial charge in [-0.15, -0.1) is 0 Å². The Morgan fingerprint density at radius 3 is 2.31 bits per heavy atom. The molecule has 0 aliphatic rings. The lowest BCUT2D eigenvalue weighted by Crippen LogP contribution is -2.37. The van der Waals surface area contributed by atoms with Crippen molar-refractivity contribution < 1.29 is 13.2 Å². The quantitative estimate of drug-likeness (QED) is 0.665. The molecule has 0 unspecified atom stereocenters. The number of nitrogens with zero attached hydrogens (tertiary/aromatic N) is 5. The Morgan fingerprint density at radius 1 is 1.00 bits per heavy atom. The van der Waals surface area contributed by atoms with E-state index in [1.54, 1.807) is 0 Å². The van der Waals surface area contributed by atoms with E-state index in [0.29, 0.717) is 0 Å². The first-order valence-electron chi connectivity index (χ1n) is 7.50. The molecule has 0 radical (unpaired) electrons. The van der Waals surface area contributed by atoms with Crippen LogP contribution in [0.25, 0.3) is 11.2 Å². The Balaban J connectivity index is 2.01. The van der Waals surface area contributed by atoms with Gasteiger partial charge in [0.2, 0.25) is 0 Å². The lowest BCUT2D eigenvalue weighted by Gasteiger charge is -2.11. The van der Waals surface area contributed by atoms with Gasteiger partial charge in [0, 0.05) is 39.4 Å². The number of rotatable bonds is 3. The Kier molecular flexibility index (Phi) is 4.09. The highest BCUT2D eigenvalue weighted by Crippen LogP contribution is 2.28. The minimum absolute atomic E-state index is 0.0329. The molecule has 3 aromatic heterocycles. The van der Waals surface area contributed by atoms with Crippen LogP contribution >= 0.6 is 0 Å². The molecular formula is C15H14F3N5O3. The molecule has 0 atom stereocenters. The van der Waals surface area contributed by atoms with Gasteiger partial charge in [0.05, 0.1) is 11.9 Å². The summed E-state index contributed by atoms with van der Waals surface area (Å²) >= 11 is 0. The smallest absolute Gasteiger partial charge is 0.323 e.